The minimum Gasteiger partial charge on any atom is -0.174 e. The summed E-state index contributed by atoms with van der Waals surface area (Å²) in [7, 11) is 0. The number of rotatable bonds is 0. The normalized spacial score (nSPS) is 16.7. The molecule has 17 heavy (non-hydrogen) atoms. The first-order chi connectivity index (χ1) is 8.36. The van der Waals surface area contributed by atoms with E-state index in [1.807, 2.05) is 16.5 Å². The molecule has 0 amide bonds. The smallest absolute Gasteiger partial charge is 0.174 e. The van der Waals surface area contributed by atoms with Gasteiger partial charge in [-0.2, -0.15) is 4.24 Å². The fourth-order valence-corrected chi connectivity index (χ4v) is 2.30. The van der Waals surface area contributed by atoms with E-state index in [4.69, 9.17) is 0 Å². The summed E-state index contributed by atoms with van der Waals surface area (Å²) in [6.45, 7) is 4.03. The predicted octanol–water partition coefficient (Wildman–Crippen LogP) is 1.93. The number of hydrogen-bond acceptors (Lipinski definition) is 0. The fraction of sp³-hybridized carbons (Fsp3) is 0.0625. The molecule has 1 aromatic carbocycles. The van der Waals surface area contributed by atoms with Gasteiger partial charge in [0.05, 0.1) is 5.57 Å². The van der Waals surface area contributed by atoms with Gasteiger partial charge in [0.2, 0.25) is 5.35 Å². The minimum absolute atomic E-state index is 1.02. The maximum Gasteiger partial charge on any atom is 0.217 e. The van der Waals surface area contributed by atoms with E-state index in [2.05, 4.69) is 55.3 Å². The SMILES string of the molecule is C=[n+]1ccccc1=C1C=CCc2ccccc21. The lowest BCUT2D eigenvalue weighted by atomic mass is 9.92. The molecule has 1 aliphatic rings. The fourth-order valence-electron chi connectivity index (χ4n) is 2.30. The van der Waals surface area contributed by atoms with Gasteiger partial charge in [0.1, 0.15) is 6.72 Å². The Morgan fingerprint density at radius 3 is 2.71 bits per heavy atom. The van der Waals surface area contributed by atoms with Gasteiger partial charge in [-0.3, -0.25) is 0 Å². The monoisotopic (exact) mass is 220 g/mol. The second-order valence-electron chi connectivity index (χ2n) is 4.23. The molecule has 0 unspecified atom stereocenters. The lowest BCUT2D eigenvalue weighted by Crippen LogP contribution is -2.36. The molecular weight excluding hydrogens is 206 g/mol. The Balaban J connectivity index is 2.41. The standard InChI is InChI=1S/C16H14N/c1-17-12-5-4-11-16(17)15-10-6-8-13-7-2-3-9-14(13)15/h2-7,9-12H,1,8H2/q+1. The number of allylic oxidation sites excluding steroid dienone is 2. The van der Waals surface area contributed by atoms with Gasteiger partial charge in [0.15, 0.2) is 6.20 Å². The van der Waals surface area contributed by atoms with Crippen molar-refractivity contribution in [3.63, 3.8) is 0 Å². The molecule has 0 saturated carbocycles. The van der Waals surface area contributed by atoms with E-state index in [1.165, 1.54) is 16.7 Å². The molecule has 0 aliphatic heterocycles. The van der Waals surface area contributed by atoms with Crippen LogP contribution in [-0.2, 0) is 6.42 Å². The molecule has 2 aromatic rings. The van der Waals surface area contributed by atoms with Crippen molar-refractivity contribution in [3.05, 3.63) is 84.0 Å². The molecule has 0 radical (unpaired) electrons. The van der Waals surface area contributed by atoms with Crippen molar-refractivity contribution >= 4 is 5.57 Å². The van der Waals surface area contributed by atoms with Gasteiger partial charge >= 0.3 is 0 Å². The summed E-state index contributed by atoms with van der Waals surface area (Å²) >= 11 is 0. The number of pyridine rings is 1. The third kappa shape index (κ3) is 1.70. The number of nitrogens with zero attached hydrogens (tertiary/aromatic N) is 1. The number of benzene rings is 1. The number of aromatic nitrogens is 1. The Kier molecular flexibility index (Phi) is 2.37. The van der Waals surface area contributed by atoms with Crippen LogP contribution in [-0.4, -0.2) is 0 Å². The van der Waals surface area contributed by atoms with E-state index >= 15 is 0 Å². The number of fused-ring (bicyclic) bond motifs is 1. The first-order valence-electron chi connectivity index (χ1n) is 5.80. The van der Waals surface area contributed by atoms with Gasteiger partial charge in [-0.15, -0.1) is 0 Å². The molecule has 0 atom stereocenters. The van der Waals surface area contributed by atoms with Crippen LogP contribution < -0.4 is 9.59 Å². The molecule has 1 aliphatic carbocycles. The molecular formula is C16H14N+. The zero-order chi connectivity index (χ0) is 11.7. The van der Waals surface area contributed by atoms with Gasteiger partial charge in [-0.1, -0.05) is 36.4 Å². The van der Waals surface area contributed by atoms with Crippen LogP contribution in [0.4, 0.5) is 0 Å². The van der Waals surface area contributed by atoms with Crippen LogP contribution in [0.1, 0.15) is 11.1 Å². The molecule has 0 bridgehead atoms. The van der Waals surface area contributed by atoms with Gasteiger partial charge in [-0.05, 0) is 23.6 Å². The van der Waals surface area contributed by atoms with Crippen LogP contribution in [0.25, 0.3) is 5.57 Å². The highest BCUT2D eigenvalue weighted by atomic mass is 14.8. The minimum atomic E-state index is 1.02. The quantitative estimate of drug-likeness (QED) is 0.598. The largest absolute Gasteiger partial charge is 0.217 e. The summed E-state index contributed by atoms with van der Waals surface area (Å²) in [5.41, 5.74) is 3.95. The Morgan fingerprint density at radius 1 is 1.00 bits per heavy atom. The van der Waals surface area contributed by atoms with E-state index < -0.39 is 0 Å². The van der Waals surface area contributed by atoms with Crippen LogP contribution in [0.15, 0.2) is 60.8 Å². The Bertz CT molecular complexity index is 695. The topological polar surface area (TPSA) is 5.90 Å². The van der Waals surface area contributed by atoms with E-state index in [9.17, 15) is 0 Å². The van der Waals surface area contributed by atoms with Crippen molar-refractivity contribution in [2.45, 2.75) is 6.42 Å². The second kappa shape index (κ2) is 4.02. The van der Waals surface area contributed by atoms with E-state index in [0.717, 1.165) is 11.8 Å². The first-order valence-corrected chi connectivity index (χ1v) is 5.80. The zero-order valence-corrected chi connectivity index (χ0v) is 9.63. The highest BCUT2D eigenvalue weighted by Crippen LogP contribution is 2.22. The van der Waals surface area contributed by atoms with Crippen molar-refractivity contribution in [3.8, 4) is 0 Å². The maximum atomic E-state index is 4.03. The van der Waals surface area contributed by atoms with Crippen molar-refractivity contribution in [1.29, 1.82) is 0 Å². The van der Waals surface area contributed by atoms with E-state index in [-0.39, 0.29) is 0 Å². The molecule has 1 heteroatoms. The highest BCUT2D eigenvalue weighted by molar-refractivity contribution is 5.76. The van der Waals surface area contributed by atoms with Crippen molar-refractivity contribution in [2.24, 2.45) is 0 Å². The molecule has 0 saturated heterocycles. The Morgan fingerprint density at radius 2 is 1.82 bits per heavy atom. The van der Waals surface area contributed by atoms with Gasteiger partial charge < -0.3 is 0 Å². The van der Waals surface area contributed by atoms with Gasteiger partial charge in [0.25, 0.3) is 0 Å². The summed E-state index contributed by atoms with van der Waals surface area (Å²) in [5, 5.41) is 1.15. The Hall–Kier alpha value is -2.15. The second-order valence-corrected chi connectivity index (χ2v) is 4.23. The zero-order valence-electron chi connectivity index (χ0n) is 9.63. The molecule has 1 aromatic heterocycles. The first kappa shape index (κ1) is 10.0. The summed E-state index contributed by atoms with van der Waals surface area (Å²) in [6.07, 6.45) is 7.40. The predicted molar refractivity (Wildman–Crippen MR) is 68.8 cm³/mol. The molecule has 3 rings (SSSR count). The third-order valence-corrected chi connectivity index (χ3v) is 3.15. The van der Waals surface area contributed by atoms with E-state index in [1.54, 1.807) is 0 Å². The average Bonchev–Trinajstić information content (AvgIpc) is 2.39. The van der Waals surface area contributed by atoms with Crippen molar-refractivity contribution < 1.29 is 4.24 Å². The average molecular weight is 220 g/mol. The highest BCUT2D eigenvalue weighted by Gasteiger charge is 2.12. The summed E-state index contributed by atoms with van der Waals surface area (Å²) in [6, 6.07) is 14.7. The maximum absolute atomic E-state index is 4.03. The van der Waals surface area contributed by atoms with Crippen LogP contribution in [0.2, 0.25) is 0 Å². The van der Waals surface area contributed by atoms with Gasteiger partial charge in [0, 0.05) is 12.1 Å². The summed E-state index contributed by atoms with van der Waals surface area (Å²) in [4.78, 5) is 0. The molecule has 82 valence electrons. The molecule has 0 N–H and O–H groups in total. The Labute approximate surface area is 101 Å². The molecule has 0 spiro atoms. The number of hydrogen-bond donors (Lipinski definition) is 0. The van der Waals surface area contributed by atoms with E-state index in [0.29, 0.717) is 0 Å². The van der Waals surface area contributed by atoms with Crippen LogP contribution >= 0.6 is 0 Å². The van der Waals surface area contributed by atoms with Crippen LogP contribution in [0, 0.1) is 6.72 Å². The third-order valence-electron chi connectivity index (χ3n) is 3.15. The van der Waals surface area contributed by atoms with Crippen LogP contribution in [0.3, 0.4) is 0 Å². The molecule has 1 nitrogen and oxygen atoms in total. The van der Waals surface area contributed by atoms with Crippen molar-refractivity contribution in [1.82, 2.24) is 0 Å². The summed E-state index contributed by atoms with van der Waals surface area (Å²) < 4.78 is 1.92. The van der Waals surface area contributed by atoms with Crippen molar-refractivity contribution in [2.75, 3.05) is 0 Å². The van der Waals surface area contributed by atoms with Gasteiger partial charge in [-0.25, -0.2) is 0 Å². The van der Waals surface area contributed by atoms with Crippen LogP contribution in [0.5, 0.6) is 0 Å². The molecule has 0 fully saturated rings. The lowest BCUT2D eigenvalue weighted by molar-refractivity contribution is -0.514. The lowest BCUT2D eigenvalue weighted by Gasteiger charge is -2.11. The summed E-state index contributed by atoms with van der Waals surface area (Å²) in [5.74, 6) is 0. The molecule has 1 heterocycles.